The number of likely N-dealkylation sites (N-methyl/N-ethyl adjacent to an activating group) is 1. The molecule has 2 rings (SSSR count). The third kappa shape index (κ3) is 5.30. The van der Waals surface area contributed by atoms with Gasteiger partial charge in [0.15, 0.2) is 0 Å². The lowest BCUT2D eigenvalue weighted by Crippen LogP contribution is -2.28. The molecule has 1 atom stereocenters. The maximum Gasteiger partial charge on any atom is 0.124 e. The number of methoxy groups -OCH3 is 1. The summed E-state index contributed by atoms with van der Waals surface area (Å²) >= 11 is 0. The molecule has 0 aliphatic heterocycles. The lowest BCUT2D eigenvalue weighted by molar-refractivity contribution is 0.0786. The van der Waals surface area contributed by atoms with E-state index < -0.39 is 6.10 Å². The van der Waals surface area contributed by atoms with Crippen molar-refractivity contribution in [2.75, 3.05) is 40.5 Å². The maximum absolute atomic E-state index is 10.4. The summed E-state index contributed by atoms with van der Waals surface area (Å²) in [5.41, 5.74) is 1.98. The molecule has 1 saturated carbocycles. The highest BCUT2D eigenvalue weighted by molar-refractivity contribution is 5.38. The van der Waals surface area contributed by atoms with Gasteiger partial charge in [-0.25, -0.2) is 0 Å². The number of hydrogen-bond acceptors (Lipinski definition) is 4. The van der Waals surface area contributed by atoms with Gasteiger partial charge in [0, 0.05) is 25.3 Å². The van der Waals surface area contributed by atoms with Crippen molar-refractivity contribution in [3.63, 3.8) is 0 Å². The van der Waals surface area contributed by atoms with E-state index >= 15 is 0 Å². The summed E-state index contributed by atoms with van der Waals surface area (Å²) in [7, 11) is 3.64. The molecule has 1 aliphatic carbocycles. The molecule has 1 unspecified atom stereocenters. The van der Waals surface area contributed by atoms with Gasteiger partial charge in [-0.1, -0.05) is 11.6 Å². The van der Waals surface area contributed by atoms with Crippen LogP contribution in [0.25, 0.3) is 0 Å². The van der Waals surface area contributed by atoms with Gasteiger partial charge >= 0.3 is 0 Å². The molecule has 4 nitrogen and oxygen atoms in total. The number of hydrogen-bond donors (Lipinski definition) is 1. The molecule has 0 heterocycles. The maximum atomic E-state index is 10.4. The van der Waals surface area contributed by atoms with E-state index in [0.717, 1.165) is 42.6 Å². The lowest BCUT2D eigenvalue weighted by atomic mass is 10.0. The van der Waals surface area contributed by atoms with Crippen molar-refractivity contribution >= 4 is 0 Å². The zero-order valence-corrected chi connectivity index (χ0v) is 13.3. The summed E-state index contributed by atoms with van der Waals surface area (Å²) < 4.78 is 11.0. The molecular formula is C17H27NO3. The minimum Gasteiger partial charge on any atom is -0.496 e. The average molecular weight is 293 g/mol. The molecular weight excluding hydrogens is 266 g/mol. The second-order valence-corrected chi connectivity index (χ2v) is 6.04. The van der Waals surface area contributed by atoms with Gasteiger partial charge in [-0.2, -0.15) is 0 Å². The second kappa shape index (κ2) is 7.78. The van der Waals surface area contributed by atoms with E-state index in [1.807, 2.05) is 32.2 Å². The SMILES string of the molecule is COc1ccc(C)cc1C(O)CN(C)CCOCC1CC1. The number of aliphatic hydroxyl groups excluding tert-OH is 1. The predicted octanol–water partition coefficient (Wildman–Crippen LogP) is 2.40. The van der Waals surface area contributed by atoms with Crippen molar-refractivity contribution in [3.05, 3.63) is 29.3 Å². The van der Waals surface area contributed by atoms with Crippen LogP contribution in [0, 0.1) is 12.8 Å². The van der Waals surface area contributed by atoms with Crippen LogP contribution in [0.15, 0.2) is 18.2 Å². The van der Waals surface area contributed by atoms with Crippen LogP contribution in [-0.2, 0) is 4.74 Å². The highest BCUT2D eigenvalue weighted by atomic mass is 16.5. The highest BCUT2D eigenvalue weighted by Crippen LogP contribution is 2.29. The third-order valence-electron chi connectivity index (χ3n) is 3.90. The number of aryl methyl sites for hydroxylation is 1. The molecule has 0 amide bonds. The summed E-state index contributed by atoms with van der Waals surface area (Å²) in [6.07, 6.45) is 2.09. The molecule has 0 spiro atoms. The van der Waals surface area contributed by atoms with Crippen molar-refractivity contribution in [2.45, 2.75) is 25.9 Å². The Labute approximate surface area is 127 Å². The Kier molecular flexibility index (Phi) is 6.03. The number of nitrogens with zero attached hydrogens (tertiary/aromatic N) is 1. The lowest BCUT2D eigenvalue weighted by Gasteiger charge is -2.22. The Morgan fingerprint density at radius 2 is 2.14 bits per heavy atom. The zero-order valence-electron chi connectivity index (χ0n) is 13.3. The van der Waals surface area contributed by atoms with Crippen LogP contribution in [0.4, 0.5) is 0 Å². The molecule has 1 fully saturated rings. The third-order valence-corrected chi connectivity index (χ3v) is 3.90. The first-order valence-corrected chi connectivity index (χ1v) is 7.69. The fourth-order valence-electron chi connectivity index (χ4n) is 2.35. The second-order valence-electron chi connectivity index (χ2n) is 6.04. The van der Waals surface area contributed by atoms with E-state index in [-0.39, 0.29) is 0 Å². The van der Waals surface area contributed by atoms with Crippen LogP contribution in [0.5, 0.6) is 5.75 Å². The molecule has 0 radical (unpaired) electrons. The summed E-state index contributed by atoms with van der Waals surface area (Å²) in [4.78, 5) is 2.10. The minimum absolute atomic E-state index is 0.548. The Hall–Kier alpha value is -1.10. The van der Waals surface area contributed by atoms with Crippen LogP contribution < -0.4 is 4.74 Å². The normalized spacial score (nSPS) is 16.2. The van der Waals surface area contributed by atoms with Crippen molar-refractivity contribution < 1.29 is 14.6 Å². The molecule has 0 aromatic heterocycles. The quantitative estimate of drug-likeness (QED) is 0.710. The van der Waals surface area contributed by atoms with E-state index in [1.54, 1.807) is 7.11 Å². The highest BCUT2D eigenvalue weighted by Gasteiger charge is 2.21. The van der Waals surface area contributed by atoms with E-state index in [2.05, 4.69) is 4.90 Å². The van der Waals surface area contributed by atoms with Crippen LogP contribution in [0.2, 0.25) is 0 Å². The van der Waals surface area contributed by atoms with Gasteiger partial charge in [-0.15, -0.1) is 0 Å². The number of benzene rings is 1. The van der Waals surface area contributed by atoms with Gasteiger partial charge < -0.3 is 19.5 Å². The molecule has 118 valence electrons. The van der Waals surface area contributed by atoms with Gasteiger partial charge in [-0.05, 0) is 44.9 Å². The molecule has 4 heteroatoms. The zero-order chi connectivity index (χ0) is 15.2. The number of aliphatic hydroxyl groups is 1. The van der Waals surface area contributed by atoms with Crippen molar-refractivity contribution in [1.82, 2.24) is 4.90 Å². The fraction of sp³-hybridized carbons (Fsp3) is 0.647. The Balaban J connectivity index is 1.78. The van der Waals surface area contributed by atoms with Crippen molar-refractivity contribution in [3.8, 4) is 5.75 Å². The van der Waals surface area contributed by atoms with Crippen LogP contribution in [0.3, 0.4) is 0 Å². The Morgan fingerprint density at radius 3 is 2.81 bits per heavy atom. The largest absolute Gasteiger partial charge is 0.496 e. The van der Waals surface area contributed by atoms with Crippen LogP contribution >= 0.6 is 0 Å². The smallest absolute Gasteiger partial charge is 0.124 e. The molecule has 1 aliphatic rings. The molecule has 0 bridgehead atoms. The summed E-state index contributed by atoms with van der Waals surface area (Å²) in [5, 5.41) is 10.4. The fourth-order valence-corrected chi connectivity index (χ4v) is 2.35. The Morgan fingerprint density at radius 1 is 1.38 bits per heavy atom. The van der Waals surface area contributed by atoms with Gasteiger partial charge in [0.05, 0.1) is 19.8 Å². The molecule has 1 aromatic rings. The summed E-state index contributed by atoms with van der Waals surface area (Å²) in [6.45, 7) is 5.04. The van der Waals surface area contributed by atoms with Gasteiger partial charge in [0.1, 0.15) is 5.75 Å². The number of ether oxygens (including phenoxy) is 2. The first-order valence-electron chi connectivity index (χ1n) is 7.69. The molecule has 0 saturated heterocycles. The first kappa shape index (κ1) is 16.3. The monoisotopic (exact) mass is 293 g/mol. The van der Waals surface area contributed by atoms with Crippen LogP contribution in [0.1, 0.15) is 30.1 Å². The van der Waals surface area contributed by atoms with E-state index in [4.69, 9.17) is 9.47 Å². The standard InChI is InChI=1S/C17H27NO3/c1-13-4-7-17(20-3)15(10-13)16(19)11-18(2)8-9-21-12-14-5-6-14/h4,7,10,14,16,19H,5-6,8-9,11-12H2,1-3H3. The minimum atomic E-state index is -0.548. The van der Waals surface area contributed by atoms with E-state index in [1.165, 1.54) is 12.8 Å². The van der Waals surface area contributed by atoms with Crippen molar-refractivity contribution in [2.24, 2.45) is 5.92 Å². The topological polar surface area (TPSA) is 41.9 Å². The summed E-state index contributed by atoms with van der Waals surface area (Å²) in [5.74, 6) is 1.55. The molecule has 21 heavy (non-hydrogen) atoms. The number of rotatable bonds is 9. The Bertz CT molecular complexity index is 446. The van der Waals surface area contributed by atoms with Gasteiger partial charge in [0.2, 0.25) is 0 Å². The van der Waals surface area contributed by atoms with E-state index in [9.17, 15) is 5.11 Å². The molecule has 1 N–H and O–H groups in total. The van der Waals surface area contributed by atoms with Crippen molar-refractivity contribution in [1.29, 1.82) is 0 Å². The first-order chi connectivity index (χ1) is 10.1. The predicted molar refractivity (Wildman–Crippen MR) is 83.7 cm³/mol. The molecule has 1 aromatic carbocycles. The van der Waals surface area contributed by atoms with Gasteiger partial charge in [-0.3, -0.25) is 0 Å². The average Bonchev–Trinajstić information content (AvgIpc) is 3.27. The van der Waals surface area contributed by atoms with Crippen LogP contribution in [-0.4, -0.2) is 50.5 Å². The van der Waals surface area contributed by atoms with E-state index in [0.29, 0.717) is 6.54 Å². The van der Waals surface area contributed by atoms with Gasteiger partial charge in [0.25, 0.3) is 0 Å². The summed E-state index contributed by atoms with van der Waals surface area (Å²) in [6, 6.07) is 5.89.